The van der Waals surface area contributed by atoms with Gasteiger partial charge >= 0.3 is 12.6 Å². The smallest absolute Gasteiger partial charge is 0.387 e. The van der Waals surface area contributed by atoms with Crippen LogP contribution in [0, 0.1) is 10.1 Å². The van der Waals surface area contributed by atoms with Crippen molar-refractivity contribution < 1.29 is 37.9 Å². The number of rotatable bonds is 7. The number of hydrogen-bond acceptors (Lipinski definition) is 6. The quantitative estimate of drug-likeness (QED) is 0.570. The minimum Gasteiger partial charge on any atom is -0.493 e. The molecule has 0 aromatic heterocycles. The number of alkyl halides is 2. The number of hydrogen-bond donors (Lipinski definition) is 2. The highest BCUT2D eigenvalue weighted by atomic mass is 19.3. The van der Waals surface area contributed by atoms with E-state index >= 15 is 0 Å². The third kappa shape index (κ3) is 4.49. The van der Waals surface area contributed by atoms with Crippen molar-refractivity contribution in [3.63, 3.8) is 0 Å². The summed E-state index contributed by atoms with van der Waals surface area (Å²) in [5, 5.41) is 21.7. The van der Waals surface area contributed by atoms with Crippen molar-refractivity contribution in [2.45, 2.75) is 19.6 Å². The number of nitrogens with zero attached hydrogens (tertiary/aromatic N) is 1. The van der Waals surface area contributed by atoms with Crippen molar-refractivity contribution in [2.75, 3.05) is 7.11 Å². The average Bonchev–Trinajstić information content (AvgIpc) is 2.45. The topological polar surface area (TPSA) is 128 Å². The number of benzene rings is 1. The molecule has 0 unspecified atom stereocenters. The maximum Gasteiger partial charge on any atom is 0.387 e. The zero-order valence-electron chi connectivity index (χ0n) is 11.9. The molecule has 0 heterocycles. The number of carbonyl (C=O) groups is 2. The summed E-state index contributed by atoms with van der Waals surface area (Å²) in [6, 6.07) is 0.107. The Bertz CT molecular complexity index is 636. The average molecular weight is 334 g/mol. The van der Waals surface area contributed by atoms with Gasteiger partial charge in [0.25, 0.3) is 11.6 Å². The predicted octanol–water partition coefficient (Wildman–Crippen LogP) is 1.41. The van der Waals surface area contributed by atoms with Crippen molar-refractivity contribution in [2.24, 2.45) is 0 Å². The fourth-order valence-electron chi connectivity index (χ4n) is 1.57. The molecule has 0 spiro atoms. The SMILES string of the molecule is COc1cc(C(=O)N[C@H](C)C(=O)O)c([N+](=O)[O-])cc1OC(F)F. The second-order valence-electron chi connectivity index (χ2n) is 4.19. The van der Waals surface area contributed by atoms with Crippen molar-refractivity contribution in [3.8, 4) is 11.5 Å². The van der Waals surface area contributed by atoms with Gasteiger partial charge < -0.3 is 19.9 Å². The lowest BCUT2D eigenvalue weighted by Gasteiger charge is -2.13. The van der Waals surface area contributed by atoms with Gasteiger partial charge in [0, 0.05) is 6.07 Å². The molecule has 0 aliphatic rings. The van der Waals surface area contributed by atoms with E-state index in [0.717, 1.165) is 20.1 Å². The summed E-state index contributed by atoms with van der Waals surface area (Å²) in [5.74, 6) is -3.40. The van der Waals surface area contributed by atoms with Crippen LogP contribution in [-0.4, -0.2) is 41.7 Å². The standard InChI is InChI=1S/C12H12F2N2O7/c1-5(11(18)19)15-10(17)6-3-8(22-2)9(23-12(13)14)4-7(6)16(20)21/h3-5,12H,1-2H3,(H,15,17)(H,18,19)/t5-/m1/s1. The lowest BCUT2D eigenvalue weighted by atomic mass is 10.1. The summed E-state index contributed by atoms with van der Waals surface area (Å²) < 4.78 is 33.4. The molecule has 1 aromatic carbocycles. The first-order chi connectivity index (χ1) is 10.7. The third-order valence-corrected chi connectivity index (χ3v) is 2.66. The van der Waals surface area contributed by atoms with E-state index in [0.29, 0.717) is 6.07 Å². The van der Waals surface area contributed by atoms with Crippen molar-refractivity contribution in [1.29, 1.82) is 0 Å². The van der Waals surface area contributed by atoms with Crippen molar-refractivity contribution in [3.05, 3.63) is 27.8 Å². The zero-order valence-corrected chi connectivity index (χ0v) is 11.9. The van der Waals surface area contributed by atoms with Crippen LogP contribution in [0.5, 0.6) is 11.5 Å². The Hall–Kier alpha value is -2.98. The van der Waals surface area contributed by atoms with Gasteiger partial charge in [0.15, 0.2) is 11.5 Å². The van der Waals surface area contributed by atoms with E-state index in [1.54, 1.807) is 0 Å². The Morgan fingerprint density at radius 2 is 1.96 bits per heavy atom. The van der Waals surface area contributed by atoms with E-state index in [2.05, 4.69) is 4.74 Å². The molecule has 9 nitrogen and oxygen atoms in total. The Balaban J connectivity index is 3.32. The van der Waals surface area contributed by atoms with Gasteiger partial charge in [-0.2, -0.15) is 8.78 Å². The largest absolute Gasteiger partial charge is 0.493 e. The Morgan fingerprint density at radius 1 is 1.35 bits per heavy atom. The van der Waals surface area contributed by atoms with Crippen LogP contribution in [0.4, 0.5) is 14.5 Å². The lowest BCUT2D eigenvalue weighted by molar-refractivity contribution is -0.385. The summed E-state index contributed by atoms with van der Waals surface area (Å²) in [6.07, 6.45) is 0. The van der Waals surface area contributed by atoms with E-state index < -0.39 is 46.5 Å². The molecule has 1 atom stereocenters. The van der Waals surface area contributed by atoms with Crippen LogP contribution in [0.2, 0.25) is 0 Å². The van der Waals surface area contributed by atoms with Crippen LogP contribution >= 0.6 is 0 Å². The number of carbonyl (C=O) groups excluding carboxylic acids is 1. The molecular weight excluding hydrogens is 322 g/mol. The molecule has 1 aromatic rings. The molecule has 126 valence electrons. The molecule has 1 amide bonds. The number of amides is 1. The number of carboxylic acids is 1. The molecular formula is C12H12F2N2O7. The van der Waals surface area contributed by atoms with Crippen molar-refractivity contribution >= 4 is 17.6 Å². The Kier molecular flexibility index (Phi) is 5.76. The Labute approximate surface area is 127 Å². The van der Waals surface area contributed by atoms with E-state index in [4.69, 9.17) is 9.84 Å². The summed E-state index contributed by atoms with van der Waals surface area (Å²) >= 11 is 0. The first-order valence-electron chi connectivity index (χ1n) is 6.02. The van der Waals surface area contributed by atoms with Gasteiger partial charge in [-0.25, -0.2) is 0 Å². The fourth-order valence-corrected chi connectivity index (χ4v) is 1.57. The second kappa shape index (κ2) is 7.33. The molecule has 0 aliphatic heterocycles. The minimum absolute atomic E-state index is 0.343. The van der Waals surface area contributed by atoms with Crippen LogP contribution in [0.3, 0.4) is 0 Å². The van der Waals surface area contributed by atoms with Gasteiger partial charge in [0.2, 0.25) is 0 Å². The van der Waals surface area contributed by atoms with Crippen molar-refractivity contribution in [1.82, 2.24) is 5.32 Å². The lowest BCUT2D eigenvalue weighted by Crippen LogP contribution is -2.38. The van der Waals surface area contributed by atoms with Gasteiger partial charge in [-0.05, 0) is 6.92 Å². The highest BCUT2D eigenvalue weighted by Gasteiger charge is 2.27. The molecule has 0 saturated heterocycles. The molecule has 23 heavy (non-hydrogen) atoms. The number of ether oxygens (including phenoxy) is 2. The molecule has 0 bridgehead atoms. The highest BCUT2D eigenvalue weighted by Crippen LogP contribution is 2.35. The minimum atomic E-state index is -3.25. The van der Waals surface area contributed by atoms with E-state index in [1.807, 2.05) is 5.32 Å². The highest BCUT2D eigenvalue weighted by molar-refractivity contribution is 6.00. The number of nitro groups is 1. The summed E-state index contributed by atoms with van der Waals surface area (Å²) in [7, 11) is 1.08. The number of carboxylic acid groups (broad SMARTS) is 1. The first-order valence-corrected chi connectivity index (χ1v) is 6.02. The van der Waals surface area contributed by atoms with E-state index in [1.165, 1.54) is 0 Å². The Morgan fingerprint density at radius 3 is 2.39 bits per heavy atom. The molecule has 2 N–H and O–H groups in total. The van der Waals surface area contributed by atoms with Crippen LogP contribution in [0.25, 0.3) is 0 Å². The van der Waals surface area contributed by atoms with Crippen LogP contribution in [0.15, 0.2) is 12.1 Å². The van der Waals surface area contributed by atoms with Gasteiger partial charge in [0.1, 0.15) is 11.6 Å². The zero-order chi connectivity index (χ0) is 17.7. The van der Waals surface area contributed by atoms with E-state index in [-0.39, 0.29) is 5.75 Å². The van der Waals surface area contributed by atoms with Crippen LogP contribution in [0.1, 0.15) is 17.3 Å². The summed E-state index contributed by atoms with van der Waals surface area (Å²) in [4.78, 5) is 32.7. The maximum absolute atomic E-state index is 12.3. The monoisotopic (exact) mass is 334 g/mol. The number of methoxy groups -OCH3 is 1. The number of nitro benzene ring substituents is 1. The molecule has 0 saturated carbocycles. The van der Waals surface area contributed by atoms with Gasteiger partial charge in [-0.3, -0.25) is 19.7 Å². The normalized spacial score (nSPS) is 11.7. The third-order valence-electron chi connectivity index (χ3n) is 2.66. The van der Waals surface area contributed by atoms with Gasteiger partial charge in [0.05, 0.1) is 18.1 Å². The maximum atomic E-state index is 12.3. The second-order valence-corrected chi connectivity index (χ2v) is 4.19. The molecule has 0 fully saturated rings. The number of aliphatic carboxylic acids is 1. The molecule has 0 radical (unpaired) electrons. The predicted molar refractivity (Wildman–Crippen MR) is 70.8 cm³/mol. The summed E-state index contributed by atoms with van der Waals surface area (Å²) in [5.41, 5.74) is -1.39. The fraction of sp³-hybridized carbons (Fsp3) is 0.333. The molecule has 0 aliphatic carbocycles. The van der Waals surface area contributed by atoms with E-state index in [9.17, 15) is 28.5 Å². The number of halogens is 2. The van der Waals surface area contributed by atoms with Crippen LogP contribution in [-0.2, 0) is 4.79 Å². The molecule has 1 rings (SSSR count). The summed E-state index contributed by atoms with van der Waals surface area (Å²) in [6.45, 7) is -2.10. The van der Waals surface area contributed by atoms with Crippen LogP contribution < -0.4 is 14.8 Å². The molecule has 11 heteroatoms. The first kappa shape index (κ1) is 18.1. The van der Waals surface area contributed by atoms with Gasteiger partial charge in [-0.15, -0.1) is 0 Å². The van der Waals surface area contributed by atoms with Gasteiger partial charge in [-0.1, -0.05) is 0 Å². The number of nitrogens with one attached hydrogen (secondary N) is 1.